The summed E-state index contributed by atoms with van der Waals surface area (Å²) < 4.78 is 0. The van der Waals surface area contributed by atoms with Crippen molar-refractivity contribution >= 4 is 11.6 Å². The molecule has 0 bridgehead atoms. The van der Waals surface area contributed by atoms with Crippen LogP contribution in [0, 0.1) is 18.3 Å². The monoisotopic (exact) mass is 166 g/mol. The van der Waals surface area contributed by atoms with E-state index in [1.54, 1.807) is 6.20 Å². The van der Waals surface area contributed by atoms with Crippen molar-refractivity contribution in [1.29, 1.82) is 5.26 Å². The van der Waals surface area contributed by atoms with Gasteiger partial charge in [-0.05, 0) is 18.6 Å². The van der Waals surface area contributed by atoms with Crippen molar-refractivity contribution in [2.45, 2.75) is 12.8 Å². The normalized spacial score (nSPS) is 9.18. The van der Waals surface area contributed by atoms with Gasteiger partial charge in [-0.3, -0.25) is 4.98 Å². The number of rotatable bonds is 1. The fourth-order valence-corrected chi connectivity index (χ4v) is 0.950. The van der Waals surface area contributed by atoms with Crippen molar-refractivity contribution in [2.75, 3.05) is 0 Å². The van der Waals surface area contributed by atoms with Gasteiger partial charge in [0.25, 0.3) is 0 Å². The fourth-order valence-electron chi connectivity index (χ4n) is 0.804. The van der Waals surface area contributed by atoms with Gasteiger partial charge in [0.05, 0.1) is 17.1 Å². The molecule has 0 aliphatic rings. The Morgan fingerprint density at radius 3 is 2.91 bits per heavy atom. The number of alkyl halides is 1. The Kier molecular flexibility index (Phi) is 2.45. The number of aryl methyl sites for hydroxylation is 1. The third-order valence-electron chi connectivity index (χ3n) is 1.42. The predicted octanol–water partition coefficient (Wildman–Crippen LogP) is 2.00. The lowest BCUT2D eigenvalue weighted by Crippen LogP contribution is -1.89. The third kappa shape index (κ3) is 1.69. The van der Waals surface area contributed by atoms with Gasteiger partial charge in [0.15, 0.2) is 0 Å². The zero-order valence-electron chi connectivity index (χ0n) is 6.13. The molecule has 0 aliphatic heterocycles. The van der Waals surface area contributed by atoms with Crippen molar-refractivity contribution < 1.29 is 0 Å². The molecule has 0 N–H and O–H groups in total. The number of nitriles is 1. The van der Waals surface area contributed by atoms with Gasteiger partial charge in [0, 0.05) is 6.20 Å². The standard InChI is InChI=1S/C8H7ClN2/c1-6-2-8(3-9)11-5-7(6)4-10/h2,5H,3H2,1H3. The summed E-state index contributed by atoms with van der Waals surface area (Å²) >= 11 is 5.55. The number of nitrogens with zero attached hydrogens (tertiary/aromatic N) is 2. The van der Waals surface area contributed by atoms with E-state index in [0.717, 1.165) is 11.3 Å². The molecule has 0 aromatic carbocycles. The Balaban J connectivity index is 3.12. The summed E-state index contributed by atoms with van der Waals surface area (Å²) in [6.07, 6.45) is 1.55. The van der Waals surface area contributed by atoms with Gasteiger partial charge >= 0.3 is 0 Å². The lowest BCUT2D eigenvalue weighted by Gasteiger charge is -1.97. The van der Waals surface area contributed by atoms with Gasteiger partial charge in [-0.25, -0.2) is 0 Å². The maximum Gasteiger partial charge on any atom is 0.101 e. The van der Waals surface area contributed by atoms with Crippen LogP contribution in [-0.4, -0.2) is 4.98 Å². The minimum Gasteiger partial charge on any atom is -0.259 e. The van der Waals surface area contributed by atoms with Gasteiger partial charge in [0.2, 0.25) is 0 Å². The van der Waals surface area contributed by atoms with E-state index in [9.17, 15) is 0 Å². The van der Waals surface area contributed by atoms with Crippen LogP contribution in [0.5, 0.6) is 0 Å². The highest BCUT2D eigenvalue weighted by atomic mass is 35.5. The molecule has 0 radical (unpaired) electrons. The average Bonchev–Trinajstić information content (AvgIpc) is 2.04. The SMILES string of the molecule is Cc1cc(CCl)ncc1C#N. The summed E-state index contributed by atoms with van der Waals surface area (Å²) in [6, 6.07) is 3.87. The molecule has 1 heterocycles. The second kappa shape index (κ2) is 3.36. The van der Waals surface area contributed by atoms with E-state index in [1.807, 2.05) is 19.1 Å². The van der Waals surface area contributed by atoms with Gasteiger partial charge in [0.1, 0.15) is 6.07 Å². The molecule has 2 nitrogen and oxygen atoms in total. The largest absolute Gasteiger partial charge is 0.259 e. The first-order valence-electron chi connectivity index (χ1n) is 3.19. The van der Waals surface area contributed by atoms with E-state index in [1.165, 1.54) is 0 Å². The molecular weight excluding hydrogens is 160 g/mol. The highest BCUT2D eigenvalue weighted by Crippen LogP contribution is 2.07. The summed E-state index contributed by atoms with van der Waals surface area (Å²) in [5.41, 5.74) is 2.35. The Bertz CT molecular complexity index is 301. The van der Waals surface area contributed by atoms with Crippen LogP contribution in [0.1, 0.15) is 16.8 Å². The summed E-state index contributed by atoms with van der Waals surface area (Å²) in [5, 5.41) is 8.56. The van der Waals surface area contributed by atoms with Crippen molar-refractivity contribution in [2.24, 2.45) is 0 Å². The second-order valence-electron chi connectivity index (χ2n) is 2.24. The Morgan fingerprint density at radius 2 is 2.45 bits per heavy atom. The number of halogens is 1. The van der Waals surface area contributed by atoms with Crippen LogP contribution < -0.4 is 0 Å². The summed E-state index contributed by atoms with van der Waals surface area (Å²) in [5.74, 6) is 0.395. The van der Waals surface area contributed by atoms with Crippen LogP contribution in [0.4, 0.5) is 0 Å². The summed E-state index contributed by atoms with van der Waals surface area (Å²) in [7, 11) is 0. The van der Waals surface area contributed by atoms with E-state index in [-0.39, 0.29) is 0 Å². The van der Waals surface area contributed by atoms with Gasteiger partial charge in [-0.1, -0.05) is 0 Å². The van der Waals surface area contributed by atoms with Gasteiger partial charge in [-0.15, -0.1) is 11.6 Å². The number of hydrogen-bond acceptors (Lipinski definition) is 2. The van der Waals surface area contributed by atoms with E-state index < -0.39 is 0 Å². The predicted molar refractivity (Wildman–Crippen MR) is 43.2 cm³/mol. The molecule has 1 aromatic rings. The number of pyridine rings is 1. The van der Waals surface area contributed by atoms with E-state index in [0.29, 0.717) is 11.4 Å². The zero-order valence-corrected chi connectivity index (χ0v) is 6.89. The minimum atomic E-state index is 0.395. The highest BCUT2D eigenvalue weighted by molar-refractivity contribution is 6.16. The zero-order chi connectivity index (χ0) is 8.27. The first-order valence-corrected chi connectivity index (χ1v) is 3.73. The van der Waals surface area contributed by atoms with Crippen LogP contribution in [-0.2, 0) is 5.88 Å². The highest BCUT2D eigenvalue weighted by Gasteiger charge is 1.98. The van der Waals surface area contributed by atoms with Gasteiger partial charge in [-0.2, -0.15) is 5.26 Å². The van der Waals surface area contributed by atoms with Gasteiger partial charge < -0.3 is 0 Å². The van der Waals surface area contributed by atoms with Crippen LogP contribution in [0.3, 0.4) is 0 Å². The number of hydrogen-bond donors (Lipinski definition) is 0. The molecule has 0 aliphatic carbocycles. The molecule has 1 aromatic heterocycles. The van der Waals surface area contributed by atoms with Crippen molar-refractivity contribution in [3.05, 3.63) is 29.1 Å². The molecule has 0 amide bonds. The maximum atomic E-state index is 8.56. The van der Waals surface area contributed by atoms with Crippen LogP contribution in [0.2, 0.25) is 0 Å². The van der Waals surface area contributed by atoms with E-state index in [2.05, 4.69) is 4.98 Å². The Morgan fingerprint density at radius 1 is 1.73 bits per heavy atom. The van der Waals surface area contributed by atoms with E-state index in [4.69, 9.17) is 16.9 Å². The Labute approximate surface area is 70.4 Å². The Hall–Kier alpha value is -1.07. The topological polar surface area (TPSA) is 36.7 Å². The molecule has 0 saturated heterocycles. The fraction of sp³-hybridized carbons (Fsp3) is 0.250. The summed E-state index contributed by atoms with van der Waals surface area (Å²) in [6.45, 7) is 1.87. The molecule has 56 valence electrons. The molecule has 0 atom stereocenters. The van der Waals surface area contributed by atoms with Crippen LogP contribution in [0.25, 0.3) is 0 Å². The molecule has 0 fully saturated rings. The van der Waals surface area contributed by atoms with Crippen molar-refractivity contribution in [3.63, 3.8) is 0 Å². The van der Waals surface area contributed by atoms with Crippen LogP contribution in [0.15, 0.2) is 12.3 Å². The van der Waals surface area contributed by atoms with Crippen LogP contribution >= 0.6 is 11.6 Å². The number of aromatic nitrogens is 1. The quantitative estimate of drug-likeness (QED) is 0.599. The lowest BCUT2D eigenvalue weighted by molar-refractivity contribution is 1.14. The third-order valence-corrected chi connectivity index (χ3v) is 1.70. The summed E-state index contributed by atoms with van der Waals surface area (Å²) in [4.78, 5) is 3.97. The molecule has 0 spiro atoms. The molecule has 0 unspecified atom stereocenters. The molecular formula is C8H7ClN2. The molecule has 1 rings (SSSR count). The smallest absolute Gasteiger partial charge is 0.101 e. The molecule has 3 heteroatoms. The second-order valence-corrected chi connectivity index (χ2v) is 2.50. The lowest BCUT2D eigenvalue weighted by atomic mass is 10.1. The minimum absolute atomic E-state index is 0.395. The maximum absolute atomic E-state index is 8.56. The van der Waals surface area contributed by atoms with Crippen molar-refractivity contribution in [1.82, 2.24) is 4.98 Å². The molecule has 0 saturated carbocycles. The molecule has 11 heavy (non-hydrogen) atoms. The van der Waals surface area contributed by atoms with Crippen molar-refractivity contribution in [3.8, 4) is 6.07 Å². The average molecular weight is 167 g/mol. The first-order chi connectivity index (χ1) is 5.27. The first kappa shape index (κ1) is 8.03. The van der Waals surface area contributed by atoms with E-state index >= 15 is 0 Å².